The van der Waals surface area contributed by atoms with E-state index in [4.69, 9.17) is 0 Å². The summed E-state index contributed by atoms with van der Waals surface area (Å²) in [6.45, 7) is 2.87. The van der Waals surface area contributed by atoms with E-state index in [0.717, 1.165) is 46.9 Å². The maximum atomic E-state index is 12.3. The Hall–Kier alpha value is -1.88. The first-order chi connectivity index (χ1) is 10.4. The summed E-state index contributed by atoms with van der Waals surface area (Å²) >= 11 is 0. The van der Waals surface area contributed by atoms with Crippen molar-refractivity contribution in [3.8, 4) is 0 Å². The average Bonchev–Trinajstić information content (AvgIpc) is 2.90. The molecule has 2 heterocycles. The van der Waals surface area contributed by atoms with Gasteiger partial charge in [0.15, 0.2) is 5.41 Å². The maximum Gasteiger partial charge on any atom is 0.321 e. The molecule has 0 saturated carbocycles. The number of H-pyrrole nitrogens is 1. The Morgan fingerprint density at radius 1 is 1.36 bits per heavy atom. The summed E-state index contributed by atoms with van der Waals surface area (Å²) in [6.07, 6.45) is 3.16. The number of hydrogen-bond donors (Lipinski definition) is 2. The van der Waals surface area contributed by atoms with Gasteiger partial charge in [-0.3, -0.25) is 9.89 Å². The SMILES string of the molecule is CC(C(=O)O)(c1[nH]nc2ccccc12)C1CCCC[N+]1(C)C. The molecule has 0 bridgehead atoms. The molecule has 22 heavy (non-hydrogen) atoms. The number of aliphatic carboxylic acids is 1. The van der Waals surface area contributed by atoms with Gasteiger partial charge in [-0.1, -0.05) is 18.2 Å². The second-order valence-corrected chi connectivity index (χ2v) is 7.14. The van der Waals surface area contributed by atoms with Gasteiger partial charge in [-0.15, -0.1) is 0 Å². The monoisotopic (exact) mass is 302 g/mol. The first kappa shape index (κ1) is 15.0. The number of rotatable bonds is 3. The molecule has 2 atom stereocenters. The van der Waals surface area contributed by atoms with Gasteiger partial charge in [0.25, 0.3) is 0 Å². The quantitative estimate of drug-likeness (QED) is 0.856. The van der Waals surface area contributed by atoms with Crippen LogP contribution >= 0.6 is 0 Å². The van der Waals surface area contributed by atoms with E-state index in [9.17, 15) is 9.90 Å². The van der Waals surface area contributed by atoms with Gasteiger partial charge < -0.3 is 9.59 Å². The Morgan fingerprint density at radius 2 is 2.09 bits per heavy atom. The largest absolute Gasteiger partial charge is 0.480 e. The number of hydrogen-bond acceptors (Lipinski definition) is 2. The Bertz CT molecular complexity index is 707. The van der Waals surface area contributed by atoms with Crippen molar-refractivity contribution < 1.29 is 14.4 Å². The number of aromatic nitrogens is 2. The minimum Gasteiger partial charge on any atom is -0.480 e. The van der Waals surface area contributed by atoms with Crippen molar-refractivity contribution in [2.45, 2.75) is 37.6 Å². The van der Waals surface area contributed by atoms with E-state index in [0.29, 0.717) is 0 Å². The van der Waals surface area contributed by atoms with Gasteiger partial charge in [0.1, 0.15) is 6.04 Å². The Morgan fingerprint density at radius 3 is 2.77 bits per heavy atom. The normalized spacial score (nSPS) is 24.0. The molecular formula is C17H24N3O2+. The predicted octanol–water partition coefficient (Wildman–Crippen LogP) is 2.53. The van der Waals surface area contributed by atoms with E-state index in [1.54, 1.807) is 0 Å². The lowest BCUT2D eigenvalue weighted by atomic mass is 9.73. The average molecular weight is 302 g/mol. The highest BCUT2D eigenvalue weighted by atomic mass is 16.4. The van der Waals surface area contributed by atoms with Crippen LogP contribution in [-0.4, -0.2) is 52.4 Å². The third-order valence-corrected chi connectivity index (χ3v) is 5.40. The van der Waals surface area contributed by atoms with Crippen LogP contribution in [0.4, 0.5) is 0 Å². The molecule has 118 valence electrons. The van der Waals surface area contributed by atoms with E-state index in [-0.39, 0.29) is 6.04 Å². The number of quaternary nitrogens is 1. The van der Waals surface area contributed by atoms with E-state index >= 15 is 0 Å². The summed E-state index contributed by atoms with van der Waals surface area (Å²) in [5.41, 5.74) is 0.583. The Labute approximate surface area is 130 Å². The van der Waals surface area contributed by atoms with Crippen molar-refractivity contribution >= 4 is 16.9 Å². The predicted molar refractivity (Wildman–Crippen MR) is 85.7 cm³/mol. The number of likely N-dealkylation sites (tertiary alicyclic amines) is 1. The highest BCUT2D eigenvalue weighted by molar-refractivity contribution is 5.90. The molecule has 5 heteroatoms. The van der Waals surface area contributed by atoms with Gasteiger partial charge in [-0.2, -0.15) is 5.10 Å². The molecule has 2 N–H and O–H groups in total. The van der Waals surface area contributed by atoms with Crippen LogP contribution in [0.5, 0.6) is 0 Å². The van der Waals surface area contributed by atoms with Crippen LogP contribution in [0.2, 0.25) is 0 Å². The summed E-state index contributed by atoms with van der Waals surface area (Å²) in [7, 11) is 4.28. The standard InChI is InChI=1S/C17H23N3O2/c1-17(16(21)22,14-10-6-7-11-20(14,2)3)15-12-8-4-5-9-13(12)18-19-15/h4-5,8-9,14H,6-7,10-11H2,1-3H3,(H-,18,19,21,22)/p+1. The van der Waals surface area contributed by atoms with Crippen LogP contribution in [0.3, 0.4) is 0 Å². The lowest BCUT2D eigenvalue weighted by molar-refractivity contribution is -0.923. The molecule has 2 aromatic rings. The summed E-state index contributed by atoms with van der Waals surface area (Å²) in [5, 5.41) is 18.3. The lowest BCUT2D eigenvalue weighted by Gasteiger charge is -2.48. The summed E-state index contributed by atoms with van der Waals surface area (Å²) < 4.78 is 0.732. The van der Waals surface area contributed by atoms with Gasteiger partial charge >= 0.3 is 5.97 Å². The first-order valence-corrected chi connectivity index (χ1v) is 7.87. The molecule has 1 saturated heterocycles. The molecule has 0 spiro atoms. The van der Waals surface area contributed by atoms with E-state index in [1.807, 2.05) is 31.2 Å². The second kappa shape index (κ2) is 5.09. The number of carboxylic acid groups (broad SMARTS) is 1. The Kier molecular flexibility index (Phi) is 3.48. The third kappa shape index (κ3) is 2.11. The van der Waals surface area contributed by atoms with Gasteiger partial charge in [0.2, 0.25) is 0 Å². The highest BCUT2D eigenvalue weighted by Gasteiger charge is 2.53. The number of carbonyl (C=O) groups is 1. The number of nitrogens with one attached hydrogen (secondary N) is 1. The van der Waals surface area contributed by atoms with Crippen molar-refractivity contribution in [1.29, 1.82) is 0 Å². The van der Waals surface area contributed by atoms with Crippen molar-refractivity contribution in [3.05, 3.63) is 30.0 Å². The zero-order valence-electron chi connectivity index (χ0n) is 13.5. The molecule has 1 aliphatic heterocycles. The summed E-state index contributed by atoms with van der Waals surface area (Å²) in [6, 6.07) is 7.76. The number of aromatic amines is 1. The zero-order chi connectivity index (χ0) is 16.0. The topological polar surface area (TPSA) is 66.0 Å². The molecule has 0 amide bonds. The molecule has 1 aliphatic rings. The summed E-state index contributed by atoms with van der Waals surface area (Å²) in [4.78, 5) is 12.3. The smallest absolute Gasteiger partial charge is 0.321 e. The third-order valence-electron chi connectivity index (χ3n) is 5.40. The number of fused-ring (bicyclic) bond motifs is 1. The van der Waals surface area contributed by atoms with Crippen LogP contribution in [0.25, 0.3) is 10.9 Å². The number of likely N-dealkylation sites (N-methyl/N-ethyl adjacent to an activating group) is 1. The fourth-order valence-electron chi connectivity index (χ4n) is 4.12. The van der Waals surface area contributed by atoms with Gasteiger partial charge in [0.05, 0.1) is 31.9 Å². The van der Waals surface area contributed by atoms with Crippen LogP contribution in [0.15, 0.2) is 24.3 Å². The van der Waals surface area contributed by atoms with Crippen molar-refractivity contribution in [1.82, 2.24) is 10.2 Å². The molecule has 0 aliphatic carbocycles. The fraction of sp³-hybridized carbons (Fsp3) is 0.529. The van der Waals surface area contributed by atoms with Crippen LogP contribution in [0.1, 0.15) is 31.9 Å². The molecule has 3 rings (SSSR count). The van der Waals surface area contributed by atoms with Crippen molar-refractivity contribution in [2.75, 3.05) is 20.6 Å². The molecule has 2 unspecified atom stereocenters. The number of piperidine rings is 1. The van der Waals surface area contributed by atoms with Gasteiger partial charge in [-0.05, 0) is 25.8 Å². The minimum atomic E-state index is -0.972. The molecular weight excluding hydrogens is 278 g/mol. The fourth-order valence-corrected chi connectivity index (χ4v) is 4.12. The highest BCUT2D eigenvalue weighted by Crippen LogP contribution is 2.40. The molecule has 0 radical (unpaired) electrons. The number of para-hydroxylation sites is 1. The second-order valence-electron chi connectivity index (χ2n) is 7.14. The van der Waals surface area contributed by atoms with Crippen LogP contribution in [0, 0.1) is 0 Å². The van der Waals surface area contributed by atoms with Crippen LogP contribution < -0.4 is 0 Å². The zero-order valence-corrected chi connectivity index (χ0v) is 13.5. The van der Waals surface area contributed by atoms with E-state index in [2.05, 4.69) is 24.3 Å². The number of benzene rings is 1. The lowest BCUT2D eigenvalue weighted by Crippen LogP contribution is -2.63. The molecule has 1 aromatic heterocycles. The van der Waals surface area contributed by atoms with E-state index in [1.165, 1.54) is 0 Å². The number of nitrogens with zero attached hydrogens (tertiary/aromatic N) is 2. The minimum absolute atomic E-state index is 0.0302. The Balaban J connectivity index is 2.18. The van der Waals surface area contributed by atoms with E-state index < -0.39 is 11.4 Å². The molecule has 1 aromatic carbocycles. The van der Waals surface area contributed by atoms with Crippen LogP contribution in [-0.2, 0) is 10.2 Å². The van der Waals surface area contributed by atoms with Gasteiger partial charge in [-0.25, -0.2) is 0 Å². The van der Waals surface area contributed by atoms with Gasteiger partial charge in [0, 0.05) is 11.8 Å². The number of carboxylic acids is 1. The van der Waals surface area contributed by atoms with Crippen molar-refractivity contribution in [3.63, 3.8) is 0 Å². The van der Waals surface area contributed by atoms with Crippen molar-refractivity contribution in [2.24, 2.45) is 0 Å². The first-order valence-electron chi connectivity index (χ1n) is 7.87. The molecule has 1 fully saturated rings. The maximum absolute atomic E-state index is 12.3. The molecule has 5 nitrogen and oxygen atoms in total. The summed E-state index contributed by atoms with van der Waals surface area (Å²) in [5.74, 6) is -0.778.